The van der Waals surface area contributed by atoms with Crippen molar-refractivity contribution < 1.29 is 40.5 Å². The standard InChI is InChI=1S/C64H66O9S2/c1-10-63(8,9)48-17-37-58(38-18-48)74(65,66)60-41-33-55(34-42-60)70-51-23-15-47(16-24-51)46-13-21-50(22-14-46)69-45(4)64(11-2,12-3)49-19-39-59(40-20-49)75(67,68)61-43-35-56(36-44-61)72-53-27-25-52(26-28-53)71-54-29-31-57(32-30-54)73-62(5,6)7/h13-45H,10-12H2,1-9H3. The molecule has 0 saturated heterocycles. The highest BCUT2D eigenvalue weighted by atomic mass is 32.2. The van der Waals surface area contributed by atoms with Crippen LogP contribution < -0.4 is 23.7 Å². The molecule has 1 atom stereocenters. The molecule has 0 aliphatic carbocycles. The Balaban J connectivity index is 0.848. The molecular formula is C64H66O9S2. The van der Waals surface area contributed by atoms with E-state index in [9.17, 15) is 16.8 Å². The minimum absolute atomic E-state index is 0.0325. The Morgan fingerprint density at radius 2 is 0.640 bits per heavy atom. The molecule has 8 aromatic rings. The summed E-state index contributed by atoms with van der Waals surface area (Å²) in [6.07, 6.45) is 2.26. The molecule has 0 saturated carbocycles. The van der Waals surface area contributed by atoms with Crippen molar-refractivity contribution >= 4 is 19.7 Å². The first-order chi connectivity index (χ1) is 35.7. The zero-order valence-corrected chi connectivity index (χ0v) is 45.8. The number of benzene rings is 8. The second-order valence-corrected chi connectivity index (χ2v) is 24.3. The van der Waals surface area contributed by atoms with Crippen LogP contribution in [0.25, 0.3) is 11.1 Å². The van der Waals surface area contributed by atoms with Crippen LogP contribution in [0.3, 0.4) is 0 Å². The number of hydrogen-bond acceptors (Lipinski definition) is 9. The molecule has 9 nitrogen and oxygen atoms in total. The monoisotopic (exact) mass is 1040 g/mol. The molecule has 8 rings (SSSR count). The number of ether oxygens (including phenoxy) is 5. The smallest absolute Gasteiger partial charge is 0.206 e. The third kappa shape index (κ3) is 12.6. The van der Waals surface area contributed by atoms with Crippen LogP contribution in [0.2, 0.25) is 0 Å². The summed E-state index contributed by atoms with van der Waals surface area (Å²) >= 11 is 0. The maximum Gasteiger partial charge on any atom is 0.206 e. The Morgan fingerprint density at radius 1 is 0.360 bits per heavy atom. The van der Waals surface area contributed by atoms with Crippen LogP contribution in [0.15, 0.2) is 214 Å². The van der Waals surface area contributed by atoms with Crippen molar-refractivity contribution in [2.75, 3.05) is 0 Å². The van der Waals surface area contributed by atoms with Gasteiger partial charge in [0.15, 0.2) is 0 Å². The van der Waals surface area contributed by atoms with Crippen LogP contribution >= 0.6 is 0 Å². The largest absolute Gasteiger partial charge is 0.490 e. The second kappa shape index (κ2) is 22.2. The highest BCUT2D eigenvalue weighted by Gasteiger charge is 2.37. The van der Waals surface area contributed by atoms with E-state index in [1.807, 2.05) is 130 Å². The first-order valence-electron chi connectivity index (χ1n) is 25.4. The number of sulfone groups is 2. The molecule has 0 spiro atoms. The van der Waals surface area contributed by atoms with Gasteiger partial charge in [-0.25, -0.2) is 16.8 Å². The molecule has 8 aromatic carbocycles. The van der Waals surface area contributed by atoms with Crippen LogP contribution in [0, 0.1) is 0 Å². The van der Waals surface area contributed by atoms with Gasteiger partial charge in [-0.2, -0.15) is 0 Å². The topological polar surface area (TPSA) is 114 Å². The van der Waals surface area contributed by atoms with E-state index in [4.69, 9.17) is 23.7 Å². The van der Waals surface area contributed by atoms with E-state index in [0.717, 1.165) is 53.0 Å². The molecule has 75 heavy (non-hydrogen) atoms. The van der Waals surface area contributed by atoms with Crippen molar-refractivity contribution in [2.24, 2.45) is 0 Å². The zero-order valence-electron chi connectivity index (χ0n) is 44.2. The van der Waals surface area contributed by atoms with Crippen LogP contribution in [0.1, 0.15) is 92.7 Å². The lowest BCUT2D eigenvalue weighted by Crippen LogP contribution is -2.40. The van der Waals surface area contributed by atoms with E-state index in [1.165, 1.54) is 0 Å². The van der Waals surface area contributed by atoms with E-state index in [1.54, 1.807) is 84.9 Å². The molecule has 0 heterocycles. The molecule has 0 radical (unpaired) electrons. The molecular weight excluding hydrogens is 977 g/mol. The van der Waals surface area contributed by atoms with Crippen molar-refractivity contribution in [1.82, 2.24) is 0 Å². The third-order valence-electron chi connectivity index (χ3n) is 14.0. The lowest BCUT2D eigenvalue weighted by Gasteiger charge is -2.38. The first kappa shape index (κ1) is 53.9. The Hall–Kier alpha value is -7.34. The van der Waals surface area contributed by atoms with Gasteiger partial charge in [0.2, 0.25) is 19.7 Å². The molecule has 0 N–H and O–H groups in total. The Morgan fingerprint density at radius 3 is 0.960 bits per heavy atom. The first-order valence-corrected chi connectivity index (χ1v) is 28.4. The molecule has 0 bridgehead atoms. The molecule has 0 aliphatic heterocycles. The highest BCUT2D eigenvalue weighted by Crippen LogP contribution is 2.40. The number of hydrogen-bond donors (Lipinski definition) is 0. The average Bonchev–Trinajstić information content (AvgIpc) is 3.41. The minimum atomic E-state index is -3.82. The Bertz CT molecular complexity index is 3380. The van der Waals surface area contributed by atoms with Gasteiger partial charge in [-0.3, -0.25) is 0 Å². The van der Waals surface area contributed by atoms with Gasteiger partial charge in [0, 0.05) is 5.41 Å². The number of rotatable bonds is 20. The molecule has 0 amide bonds. The fraction of sp³-hybridized carbons (Fsp3) is 0.250. The van der Waals surface area contributed by atoms with Gasteiger partial charge in [-0.05, 0) is 220 Å². The summed E-state index contributed by atoms with van der Waals surface area (Å²) in [4.78, 5) is 0.831. The maximum atomic E-state index is 13.9. The zero-order chi connectivity index (χ0) is 53.6. The van der Waals surface area contributed by atoms with Crippen molar-refractivity contribution in [3.05, 3.63) is 205 Å². The Labute approximate surface area is 443 Å². The molecule has 0 fully saturated rings. The fourth-order valence-electron chi connectivity index (χ4n) is 9.04. The summed E-state index contributed by atoms with van der Waals surface area (Å²) in [5.41, 5.74) is 3.38. The summed E-state index contributed by atoms with van der Waals surface area (Å²) in [6.45, 7) is 18.8. The lowest BCUT2D eigenvalue weighted by atomic mass is 9.72. The van der Waals surface area contributed by atoms with E-state index >= 15 is 0 Å². The summed E-state index contributed by atoms with van der Waals surface area (Å²) in [6, 6.07) is 57.6. The lowest BCUT2D eigenvalue weighted by molar-refractivity contribution is 0.112. The third-order valence-corrected chi connectivity index (χ3v) is 17.6. The van der Waals surface area contributed by atoms with Gasteiger partial charge in [0.05, 0.1) is 19.6 Å². The van der Waals surface area contributed by atoms with Gasteiger partial charge < -0.3 is 23.7 Å². The Kier molecular flexibility index (Phi) is 16.0. The highest BCUT2D eigenvalue weighted by molar-refractivity contribution is 7.91. The minimum Gasteiger partial charge on any atom is -0.490 e. The van der Waals surface area contributed by atoms with Crippen molar-refractivity contribution in [3.63, 3.8) is 0 Å². The van der Waals surface area contributed by atoms with E-state index in [0.29, 0.717) is 34.5 Å². The molecule has 1 unspecified atom stereocenters. The summed E-state index contributed by atoms with van der Waals surface area (Å²) in [5, 5.41) is 0. The summed E-state index contributed by atoms with van der Waals surface area (Å²) < 4.78 is 85.2. The molecule has 0 aliphatic rings. The maximum absolute atomic E-state index is 13.9. The van der Waals surface area contributed by atoms with Crippen LogP contribution in [0.5, 0.6) is 46.0 Å². The molecule has 388 valence electrons. The average molecular weight is 1040 g/mol. The van der Waals surface area contributed by atoms with E-state index in [-0.39, 0.29) is 42.1 Å². The van der Waals surface area contributed by atoms with Crippen molar-refractivity contribution in [1.29, 1.82) is 0 Å². The SMILES string of the molecule is CCC(C)(C)c1ccc(S(=O)(=O)c2ccc(Oc3ccc(-c4ccc(OC(C)C(CC)(CC)c5ccc(S(=O)(=O)c6ccc(Oc7ccc(Oc8ccc(OC(C)(C)C)cc8)cc7)cc6)cc5)cc4)cc3)cc2)cc1. The van der Waals surface area contributed by atoms with Gasteiger partial charge in [0.1, 0.15) is 57.7 Å². The van der Waals surface area contributed by atoms with Crippen LogP contribution in [-0.4, -0.2) is 28.5 Å². The van der Waals surface area contributed by atoms with Gasteiger partial charge in [-0.15, -0.1) is 0 Å². The predicted molar refractivity (Wildman–Crippen MR) is 298 cm³/mol. The van der Waals surface area contributed by atoms with Crippen LogP contribution in [-0.2, 0) is 30.5 Å². The summed E-state index contributed by atoms with van der Waals surface area (Å²) in [5.74, 6) is 5.04. The second-order valence-electron chi connectivity index (χ2n) is 20.4. The predicted octanol–water partition coefficient (Wildman–Crippen LogP) is 16.8. The van der Waals surface area contributed by atoms with Gasteiger partial charge in [-0.1, -0.05) is 83.1 Å². The van der Waals surface area contributed by atoms with Crippen LogP contribution in [0.4, 0.5) is 0 Å². The quantitative estimate of drug-likeness (QED) is 0.0736. The molecule has 11 heteroatoms. The fourth-order valence-corrected chi connectivity index (χ4v) is 11.6. The van der Waals surface area contributed by atoms with Crippen molar-refractivity contribution in [2.45, 2.75) is 124 Å². The van der Waals surface area contributed by atoms with E-state index < -0.39 is 19.7 Å². The van der Waals surface area contributed by atoms with Crippen molar-refractivity contribution in [3.8, 4) is 57.1 Å². The normalized spacial score (nSPS) is 12.7. The molecule has 0 aromatic heterocycles. The van der Waals surface area contributed by atoms with E-state index in [2.05, 4.69) is 41.5 Å². The van der Waals surface area contributed by atoms with Gasteiger partial charge >= 0.3 is 0 Å². The summed E-state index contributed by atoms with van der Waals surface area (Å²) in [7, 11) is -7.51. The van der Waals surface area contributed by atoms with Gasteiger partial charge in [0.25, 0.3) is 0 Å².